The van der Waals surface area contributed by atoms with Crippen LogP contribution in [0.3, 0.4) is 0 Å². The molecule has 0 atom stereocenters. The van der Waals surface area contributed by atoms with Crippen LogP contribution in [0.5, 0.6) is 0 Å². The highest BCUT2D eigenvalue weighted by Gasteiger charge is 2.27. The second-order valence-electron chi connectivity index (χ2n) is 37.0. The van der Waals surface area contributed by atoms with Crippen molar-refractivity contribution in [2.24, 2.45) is 0 Å². The quantitative estimate of drug-likeness (QED) is 0.0798. The van der Waals surface area contributed by atoms with E-state index in [-0.39, 0.29) is 0 Å². The van der Waals surface area contributed by atoms with Gasteiger partial charge < -0.3 is 29.4 Å². The van der Waals surface area contributed by atoms with E-state index in [4.69, 9.17) is 0 Å². The number of thiophene rings is 6. The Morgan fingerprint density at radius 2 is 0.324 bits per heavy atom. The minimum Gasteiger partial charge on any atom is -0.310 e. The molecule has 0 spiro atoms. The highest BCUT2D eigenvalue weighted by molar-refractivity contribution is 7.28. The Balaban J connectivity index is 0.000000110. The number of fused-ring (bicyclic) bond motifs is 19. The zero-order valence-electron chi connectivity index (χ0n) is 80.1. The molecule has 0 unspecified atom stereocenters. The molecule has 0 aliphatic heterocycles. The highest BCUT2D eigenvalue weighted by Crippen LogP contribution is 2.53. The first-order valence-corrected chi connectivity index (χ1v) is 54.7. The summed E-state index contributed by atoms with van der Waals surface area (Å²) in [5, 5.41) is 17.9. The zero-order chi connectivity index (χ0) is 97.9. The molecule has 0 aliphatic rings. The average molecular weight is 2000 g/mol. The Hall–Kier alpha value is -17.6. The maximum Gasteiger partial charge on any atom is 0.0554 e. The van der Waals surface area contributed by atoms with Crippen LogP contribution >= 0.6 is 68.0 Å². The van der Waals surface area contributed by atoms with Gasteiger partial charge in [0.15, 0.2) is 0 Å². The van der Waals surface area contributed by atoms with Gasteiger partial charge in [0.25, 0.3) is 0 Å². The molecule has 29 aromatic rings. The molecule has 148 heavy (non-hydrogen) atoms. The second-order valence-corrected chi connectivity index (χ2v) is 43.5. The van der Waals surface area contributed by atoms with Gasteiger partial charge in [-0.05, 0) is 271 Å². The third-order valence-electron chi connectivity index (χ3n) is 28.1. The van der Waals surface area contributed by atoms with Gasteiger partial charge in [-0.25, -0.2) is 0 Å². The minimum atomic E-state index is 1.13. The van der Waals surface area contributed by atoms with Gasteiger partial charge in [0.05, 0.1) is 11.4 Å². The molecular weight excluding hydrogens is 1910 g/mol. The number of hydrogen-bond donors (Lipinski definition) is 0. The molecule has 0 amide bonds. The monoisotopic (exact) mass is 2000 g/mol. The van der Waals surface area contributed by atoms with Gasteiger partial charge in [-0.1, -0.05) is 291 Å². The zero-order valence-corrected chi connectivity index (χ0v) is 85.0. The predicted molar refractivity (Wildman–Crippen MR) is 648 cm³/mol. The van der Waals surface area contributed by atoms with Crippen molar-refractivity contribution in [3.8, 4) is 11.1 Å². The lowest BCUT2D eigenvalue weighted by molar-refractivity contribution is 1.29. The van der Waals surface area contributed by atoms with E-state index in [1.807, 2.05) is 68.0 Å². The van der Waals surface area contributed by atoms with E-state index in [1.165, 1.54) is 154 Å². The average Bonchev–Trinajstić information content (AvgIpc) is 1.58. The fraction of sp³-hybridized carbons (Fsp3) is 0. The van der Waals surface area contributed by atoms with Crippen molar-refractivity contribution in [1.29, 1.82) is 0 Å². The maximum absolute atomic E-state index is 2.44. The molecule has 23 aromatic carbocycles. The lowest BCUT2D eigenvalue weighted by Crippen LogP contribution is -2.10. The maximum atomic E-state index is 2.44. The van der Waals surface area contributed by atoms with Crippen LogP contribution in [0.4, 0.5) is 102 Å². The standard InChI is InChI=1S/C48H32N2S2.C46H30N2S2.C42H28N2S2/c1-4-13-33(14-5-1)34-23-25-37(26-24-34)49(35-15-6-2-7-16-35)39-27-29-40-42-31-38(28-30-45(42)52-47(40)32-39)50(36-17-8-3-9-18-36)43-20-12-22-46-48(43)41-19-10-11-21-44(41)51-46;1-3-14-32(15-4-1)47(33-16-5-2-6-17-33)35-22-26-40-41-28-34(24-27-44(41)50-46(40)29-35)48(42-20-11-13-31-12-7-8-18-37(31)42)36-23-25-39-38-19-9-10-21-43(38)49-45(39)30-36;1-4-12-29(13-5-1)43(30-14-6-2-7-15-30)34-20-23-36-38-27-33(22-25-41(38)46-42(36)28-34)44(31-16-8-3-9-17-31)32-21-24-40-37(26-32)35-18-10-11-19-39(35)45-40/h1-32H;1-30H;1-28H. The lowest BCUT2D eigenvalue weighted by Gasteiger charge is -2.27. The summed E-state index contributed by atoms with van der Waals surface area (Å²) in [7, 11) is 0. The molecule has 29 rings (SSSR count). The Morgan fingerprint density at radius 3 is 0.723 bits per heavy atom. The Bertz CT molecular complexity index is 9890. The lowest BCUT2D eigenvalue weighted by atomic mass is 10.0. The minimum absolute atomic E-state index is 1.13. The normalized spacial score (nSPS) is 11.5. The number of nitrogens with zero attached hydrogens (tertiary/aromatic N) is 6. The van der Waals surface area contributed by atoms with Crippen LogP contribution in [0.15, 0.2) is 546 Å². The molecule has 0 N–H and O–H groups in total. The first-order valence-electron chi connectivity index (χ1n) is 49.8. The molecule has 6 heterocycles. The van der Waals surface area contributed by atoms with Crippen molar-refractivity contribution in [1.82, 2.24) is 0 Å². The summed E-state index contributed by atoms with van der Waals surface area (Å²) in [5.74, 6) is 0. The Kier molecular flexibility index (Phi) is 23.4. The highest BCUT2D eigenvalue weighted by atomic mass is 32.1. The summed E-state index contributed by atoms with van der Waals surface area (Å²) in [6.45, 7) is 0. The van der Waals surface area contributed by atoms with E-state index in [0.717, 1.165) is 91.0 Å². The Labute approximate surface area is 881 Å². The van der Waals surface area contributed by atoms with Gasteiger partial charge in [0.1, 0.15) is 0 Å². The summed E-state index contributed by atoms with van der Waals surface area (Å²) in [4.78, 5) is 14.3. The molecule has 0 saturated carbocycles. The van der Waals surface area contributed by atoms with Crippen LogP contribution in [0.1, 0.15) is 0 Å². The van der Waals surface area contributed by atoms with Crippen molar-refractivity contribution in [3.05, 3.63) is 546 Å². The van der Waals surface area contributed by atoms with Gasteiger partial charge in [-0.15, -0.1) is 68.0 Å². The van der Waals surface area contributed by atoms with Gasteiger partial charge in [-0.3, -0.25) is 0 Å². The summed E-state index contributed by atoms with van der Waals surface area (Å²) in [6.07, 6.45) is 0. The van der Waals surface area contributed by atoms with E-state index in [1.54, 1.807) is 0 Å². The fourth-order valence-corrected chi connectivity index (χ4v) is 28.0. The molecule has 0 aliphatic carbocycles. The Morgan fingerprint density at radius 1 is 0.108 bits per heavy atom. The summed E-state index contributed by atoms with van der Waals surface area (Å²) >= 11 is 11.2. The van der Waals surface area contributed by atoms with E-state index in [2.05, 4.69) is 575 Å². The molecule has 0 radical (unpaired) electrons. The van der Waals surface area contributed by atoms with Crippen molar-refractivity contribution in [3.63, 3.8) is 0 Å². The molecule has 6 aromatic heterocycles. The third kappa shape index (κ3) is 16.8. The molecule has 0 fully saturated rings. The number of para-hydroxylation sites is 7. The van der Waals surface area contributed by atoms with E-state index in [9.17, 15) is 0 Å². The molecule has 0 saturated heterocycles. The largest absolute Gasteiger partial charge is 0.310 e. The van der Waals surface area contributed by atoms with Gasteiger partial charge in [0, 0.05) is 217 Å². The smallest absolute Gasteiger partial charge is 0.0554 e. The molecule has 6 nitrogen and oxygen atoms in total. The van der Waals surface area contributed by atoms with Crippen molar-refractivity contribution < 1.29 is 0 Å². The molecule has 0 bridgehead atoms. The SMILES string of the molecule is c1ccc(-c2ccc(N(c3ccccc3)c3ccc4c(c3)sc3ccc(N(c5ccccc5)c5cccc6sc7ccccc7c56)cc34)cc2)cc1.c1ccc(N(c2ccccc2)c2ccc3c(c2)sc2ccc(N(c4ccc5c(c4)sc4ccccc45)c4cccc5ccccc45)cc23)cc1.c1ccc(N(c2ccccc2)c2ccc3c(c2)sc2ccc(N(c4ccccc4)c4ccc5sc6ccccc6c5c4)cc23)cc1. The van der Waals surface area contributed by atoms with Gasteiger partial charge >= 0.3 is 0 Å². The molecule has 12 heteroatoms. The topological polar surface area (TPSA) is 19.4 Å². The predicted octanol–water partition coefficient (Wildman–Crippen LogP) is 42.9. The van der Waals surface area contributed by atoms with Gasteiger partial charge in [-0.2, -0.15) is 0 Å². The van der Waals surface area contributed by atoms with Crippen molar-refractivity contribution in [2.75, 3.05) is 29.4 Å². The number of benzene rings is 23. The van der Waals surface area contributed by atoms with Crippen LogP contribution in [-0.4, -0.2) is 0 Å². The van der Waals surface area contributed by atoms with E-state index >= 15 is 0 Å². The van der Waals surface area contributed by atoms with Crippen LogP contribution in [0.25, 0.3) is 143 Å². The summed E-state index contributed by atoms with van der Waals surface area (Å²) in [6, 6.07) is 198. The van der Waals surface area contributed by atoms with Gasteiger partial charge in [0.2, 0.25) is 0 Å². The van der Waals surface area contributed by atoms with Crippen molar-refractivity contribution >= 4 is 302 Å². The third-order valence-corrected chi connectivity index (χ3v) is 34.9. The second kappa shape index (κ2) is 38.9. The van der Waals surface area contributed by atoms with Crippen LogP contribution in [0, 0.1) is 0 Å². The van der Waals surface area contributed by atoms with Crippen LogP contribution < -0.4 is 29.4 Å². The fourth-order valence-electron chi connectivity index (χ4n) is 21.3. The molecular formula is C136H90N6S6. The van der Waals surface area contributed by atoms with Crippen LogP contribution in [-0.2, 0) is 0 Å². The molecule has 700 valence electrons. The first kappa shape index (κ1) is 89.3. The summed E-state index contributed by atoms with van der Waals surface area (Å²) in [5.41, 5.74) is 23.1. The summed E-state index contributed by atoms with van der Waals surface area (Å²) < 4.78 is 15.5. The number of anilines is 18. The van der Waals surface area contributed by atoms with Crippen molar-refractivity contribution in [2.45, 2.75) is 0 Å². The first-order chi connectivity index (χ1) is 73.4. The van der Waals surface area contributed by atoms with E-state index in [0.29, 0.717) is 0 Å². The number of hydrogen-bond acceptors (Lipinski definition) is 12. The number of rotatable bonds is 19. The van der Waals surface area contributed by atoms with Crippen LogP contribution in [0.2, 0.25) is 0 Å². The van der Waals surface area contributed by atoms with E-state index < -0.39 is 0 Å².